The summed E-state index contributed by atoms with van der Waals surface area (Å²) in [6.07, 6.45) is -1.45. The second-order valence-corrected chi connectivity index (χ2v) is 3.58. The molecule has 1 N–H and O–H groups in total. The quantitative estimate of drug-likeness (QED) is 0.778. The largest absolute Gasteiger partial charge is 0.513 e. The number of carboxylic acid groups (broad SMARTS) is 1. The average molecular weight is 247 g/mol. The number of carbonyl (C=O) groups is 1. The van der Waals surface area contributed by atoms with Gasteiger partial charge in [-0.05, 0) is 12.1 Å². The molecule has 0 saturated carbocycles. The molecular formula is C9H4Cl2O4. The van der Waals surface area contributed by atoms with Crippen molar-refractivity contribution in [3.05, 3.63) is 28.2 Å². The first-order valence-corrected chi connectivity index (χ1v) is 4.61. The zero-order valence-corrected chi connectivity index (χ0v) is 8.67. The summed E-state index contributed by atoms with van der Waals surface area (Å²) in [6.45, 7) is 0. The third kappa shape index (κ3) is 2.00. The van der Waals surface area contributed by atoms with Gasteiger partial charge in [0, 0.05) is 16.5 Å². The summed E-state index contributed by atoms with van der Waals surface area (Å²) in [4.78, 5) is 10.3. The first kappa shape index (κ1) is 10.1. The Morgan fingerprint density at radius 2 is 2.07 bits per heavy atom. The van der Waals surface area contributed by atoms with E-state index in [4.69, 9.17) is 32.7 Å². The molecule has 1 heterocycles. The lowest BCUT2D eigenvalue weighted by atomic mass is 10.2. The highest BCUT2D eigenvalue weighted by molar-refractivity contribution is 6.38. The first-order chi connectivity index (χ1) is 7.06. The van der Waals surface area contributed by atoms with Crippen molar-refractivity contribution in [1.29, 1.82) is 0 Å². The van der Waals surface area contributed by atoms with E-state index in [-0.39, 0.29) is 5.95 Å². The average Bonchev–Trinajstić information content (AvgIpc) is 2.45. The Morgan fingerprint density at radius 3 is 2.73 bits per heavy atom. The van der Waals surface area contributed by atoms with Gasteiger partial charge in [-0.15, -0.1) is 0 Å². The predicted molar refractivity (Wildman–Crippen MR) is 54.9 cm³/mol. The zero-order chi connectivity index (χ0) is 11.0. The van der Waals surface area contributed by atoms with Crippen LogP contribution in [0.5, 0.6) is 5.95 Å². The number of hydrogen-bond acceptors (Lipinski definition) is 3. The van der Waals surface area contributed by atoms with E-state index in [9.17, 15) is 4.79 Å². The van der Waals surface area contributed by atoms with E-state index in [1.165, 1.54) is 12.1 Å². The molecule has 0 aliphatic rings. The van der Waals surface area contributed by atoms with Gasteiger partial charge in [0.05, 0.1) is 5.02 Å². The van der Waals surface area contributed by atoms with Gasteiger partial charge < -0.3 is 14.3 Å². The molecule has 0 aliphatic carbocycles. The van der Waals surface area contributed by atoms with E-state index in [0.29, 0.717) is 21.0 Å². The summed E-state index contributed by atoms with van der Waals surface area (Å²) in [5.41, 5.74) is 0.345. The molecule has 15 heavy (non-hydrogen) atoms. The number of halogens is 2. The van der Waals surface area contributed by atoms with Crippen LogP contribution in [0.25, 0.3) is 11.0 Å². The molecule has 1 aromatic carbocycles. The van der Waals surface area contributed by atoms with Crippen LogP contribution in [0.4, 0.5) is 4.79 Å². The van der Waals surface area contributed by atoms with E-state index in [1.807, 2.05) is 0 Å². The summed E-state index contributed by atoms with van der Waals surface area (Å²) >= 11 is 11.6. The third-order valence-corrected chi connectivity index (χ3v) is 2.20. The second-order valence-electron chi connectivity index (χ2n) is 2.74. The fourth-order valence-corrected chi connectivity index (χ4v) is 1.74. The Hall–Kier alpha value is -1.39. The highest BCUT2D eigenvalue weighted by atomic mass is 35.5. The van der Waals surface area contributed by atoms with Gasteiger partial charge in [0.25, 0.3) is 5.95 Å². The smallest absolute Gasteiger partial charge is 0.449 e. The summed E-state index contributed by atoms with van der Waals surface area (Å²) in [6, 6.07) is 4.50. The van der Waals surface area contributed by atoms with Gasteiger partial charge in [0.15, 0.2) is 5.58 Å². The molecule has 0 unspecified atom stereocenters. The highest BCUT2D eigenvalue weighted by Crippen LogP contribution is 2.33. The minimum atomic E-state index is -1.45. The molecule has 0 saturated heterocycles. The van der Waals surface area contributed by atoms with Crippen molar-refractivity contribution >= 4 is 40.3 Å². The van der Waals surface area contributed by atoms with Crippen LogP contribution < -0.4 is 4.74 Å². The van der Waals surface area contributed by atoms with Crippen molar-refractivity contribution in [2.24, 2.45) is 0 Å². The van der Waals surface area contributed by atoms with Gasteiger partial charge in [0.2, 0.25) is 0 Å². The SMILES string of the molecule is O=C(O)Oc1cc2cc(Cl)cc(Cl)c2o1. The van der Waals surface area contributed by atoms with Gasteiger partial charge in [-0.25, -0.2) is 4.79 Å². The molecule has 0 atom stereocenters. The van der Waals surface area contributed by atoms with Crippen LogP contribution in [0.3, 0.4) is 0 Å². The van der Waals surface area contributed by atoms with Crippen LogP contribution in [0, 0.1) is 0 Å². The highest BCUT2D eigenvalue weighted by Gasteiger charge is 2.11. The van der Waals surface area contributed by atoms with Gasteiger partial charge in [-0.1, -0.05) is 23.2 Å². The van der Waals surface area contributed by atoms with Crippen molar-refractivity contribution < 1.29 is 19.1 Å². The van der Waals surface area contributed by atoms with E-state index >= 15 is 0 Å². The molecule has 2 rings (SSSR count). The molecule has 0 radical (unpaired) electrons. The lowest BCUT2D eigenvalue weighted by Crippen LogP contribution is -2.01. The summed E-state index contributed by atoms with van der Waals surface area (Å²) in [5.74, 6) is -0.137. The van der Waals surface area contributed by atoms with Crippen molar-refractivity contribution in [2.45, 2.75) is 0 Å². The lowest BCUT2D eigenvalue weighted by molar-refractivity contribution is 0.134. The Kier molecular flexibility index (Phi) is 2.46. The molecule has 6 heteroatoms. The first-order valence-electron chi connectivity index (χ1n) is 3.85. The van der Waals surface area contributed by atoms with Crippen LogP contribution in [0.1, 0.15) is 0 Å². The molecular weight excluding hydrogens is 243 g/mol. The second kappa shape index (κ2) is 3.64. The maximum Gasteiger partial charge on any atom is 0.513 e. The standard InChI is InChI=1S/C9H4Cl2O4/c10-5-1-4-2-7(15-9(12)13)14-8(4)6(11)3-5/h1-3H,(H,12,13). The fraction of sp³-hybridized carbons (Fsp3) is 0. The molecule has 4 nitrogen and oxygen atoms in total. The van der Waals surface area contributed by atoms with Crippen molar-refractivity contribution in [3.8, 4) is 5.95 Å². The minimum Gasteiger partial charge on any atom is -0.449 e. The molecule has 2 aromatic rings. The Labute approximate surface area is 93.9 Å². The topological polar surface area (TPSA) is 59.7 Å². The van der Waals surface area contributed by atoms with Crippen molar-refractivity contribution in [1.82, 2.24) is 0 Å². The zero-order valence-electron chi connectivity index (χ0n) is 7.16. The number of ether oxygens (including phenoxy) is 1. The normalized spacial score (nSPS) is 10.5. The monoisotopic (exact) mass is 246 g/mol. The van der Waals surface area contributed by atoms with Crippen LogP contribution in [0.15, 0.2) is 22.6 Å². The molecule has 0 amide bonds. The van der Waals surface area contributed by atoms with E-state index in [0.717, 1.165) is 0 Å². The molecule has 0 fully saturated rings. The van der Waals surface area contributed by atoms with Crippen molar-refractivity contribution in [3.63, 3.8) is 0 Å². The van der Waals surface area contributed by atoms with Crippen LogP contribution in [-0.2, 0) is 0 Å². The number of benzene rings is 1. The number of hydrogen-bond donors (Lipinski definition) is 1. The molecule has 0 spiro atoms. The van der Waals surface area contributed by atoms with Crippen LogP contribution in [0.2, 0.25) is 10.0 Å². The maximum atomic E-state index is 10.3. The lowest BCUT2D eigenvalue weighted by Gasteiger charge is -1.93. The number of rotatable bonds is 1. The third-order valence-electron chi connectivity index (χ3n) is 1.70. The maximum absolute atomic E-state index is 10.3. The number of fused-ring (bicyclic) bond motifs is 1. The Bertz CT molecular complexity index is 532. The van der Waals surface area contributed by atoms with Crippen LogP contribution >= 0.6 is 23.2 Å². The Balaban J connectivity index is 2.55. The van der Waals surface area contributed by atoms with Gasteiger partial charge in [0.1, 0.15) is 0 Å². The van der Waals surface area contributed by atoms with Gasteiger partial charge >= 0.3 is 6.16 Å². The van der Waals surface area contributed by atoms with Gasteiger partial charge in [-0.2, -0.15) is 0 Å². The molecule has 0 aliphatic heterocycles. The molecule has 1 aromatic heterocycles. The predicted octanol–water partition coefficient (Wildman–Crippen LogP) is 3.80. The molecule has 0 bridgehead atoms. The summed E-state index contributed by atoms with van der Waals surface area (Å²) < 4.78 is 9.41. The van der Waals surface area contributed by atoms with E-state index in [2.05, 4.69) is 4.74 Å². The number of furan rings is 1. The molecule has 78 valence electrons. The summed E-state index contributed by atoms with van der Waals surface area (Å²) in [7, 11) is 0. The minimum absolute atomic E-state index is 0.137. The van der Waals surface area contributed by atoms with E-state index in [1.54, 1.807) is 6.07 Å². The fourth-order valence-electron chi connectivity index (χ4n) is 1.19. The van der Waals surface area contributed by atoms with Gasteiger partial charge in [-0.3, -0.25) is 0 Å². The summed E-state index contributed by atoms with van der Waals surface area (Å²) in [5, 5.41) is 9.70. The van der Waals surface area contributed by atoms with Crippen molar-refractivity contribution in [2.75, 3.05) is 0 Å². The van der Waals surface area contributed by atoms with Crippen LogP contribution in [-0.4, -0.2) is 11.3 Å². The van der Waals surface area contributed by atoms with E-state index < -0.39 is 6.16 Å². The Morgan fingerprint density at radius 1 is 1.33 bits per heavy atom.